The number of carbonyl (C=O) groups is 3. The maximum Gasteiger partial charge on any atom is 0.322 e. The van der Waals surface area contributed by atoms with Crippen molar-refractivity contribution in [3.8, 4) is 0 Å². The molecule has 0 aromatic heterocycles. The second kappa shape index (κ2) is 11.4. The topological polar surface area (TPSA) is 98.7 Å². The average Bonchev–Trinajstić information content (AvgIpc) is 2.47. The van der Waals surface area contributed by atoms with Crippen LogP contribution in [0.1, 0.15) is 18.9 Å². The van der Waals surface area contributed by atoms with Crippen molar-refractivity contribution in [2.24, 2.45) is 0 Å². The maximum atomic E-state index is 12.1. The number of halogens is 1. The van der Waals surface area contributed by atoms with E-state index in [1.54, 1.807) is 4.90 Å². The van der Waals surface area contributed by atoms with E-state index >= 15 is 0 Å². The maximum absolute atomic E-state index is 12.1. The first kappa shape index (κ1) is 21.9. The van der Waals surface area contributed by atoms with Crippen LogP contribution < -0.4 is 10.6 Å². The second-order valence-electron chi connectivity index (χ2n) is 5.24. The van der Waals surface area contributed by atoms with Gasteiger partial charge in [-0.05, 0) is 31.5 Å². The summed E-state index contributed by atoms with van der Waals surface area (Å²) in [6.07, 6.45) is 0.782. The zero-order chi connectivity index (χ0) is 17.2. The lowest BCUT2D eigenvalue weighted by molar-refractivity contribution is -0.138. The van der Waals surface area contributed by atoms with Gasteiger partial charge in [0.1, 0.15) is 6.54 Å². The van der Waals surface area contributed by atoms with Crippen molar-refractivity contribution in [3.63, 3.8) is 0 Å². The van der Waals surface area contributed by atoms with Gasteiger partial charge in [0.05, 0.1) is 13.1 Å². The van der Waals surface area contributed by atoms with Crippen LogP contribution in [0, 0.1) is 6.92 Å². The van der Waals surface area contributed by atoms with E-state index in [2.05, 4.69) is 10.6 Å². The largest absolute Gasteiger partial charge is 0.480 e. The van der Waals surface area contributed by atoms with Gasteiger partial charge in [0.2, 0.25) is 11.8 Å². The number of benzene rings is 1. The zero-order valence-electron chi connectivity index (χ0n) is 13.9. The Hall–Kier alpha value is -2.12. The van der Waals surface area contributed by atoms with Gasteiger partial charge < -0.3 is 15.7 Å². The highest BCUT2D eigenvalue weighted by Gasteiger charge is 2.15. The summed E-state index contributed by atoms with van der Waals surface area (Å²) in [5.41, 5.74) is 1.70. The van der Waals surface area contributed by atoms with Crippen LogP contribution in [-0.2, 0) is 14.4 Å². The van der Waals surface area contributed by atoms with Crippen molar-refractivity contribution >= 4 is 35.9 Å². The van der Waals surface area contributed by atoms with Crippen molar-refractivity contribution in [1.29, 1.82) is 0 Å². The third-order valence-corrected chi connectivity index (χ3v) is 3.13. The number of hydrogen-bond acceptors (Lipinski definition) is 4. The molecular formula is C16H24ClN3O4. The number of carboxylic acid groups (broad SMARTS) is 1. The highest BCUT2D eigenvalue weighted by atomic mass is 35.5. The van der Waals surface area contributed by atoms with Crippen molar-refractivity contribution in [3.05, 3.63) is 29.8 Å². The minimum atomic E-state index is -1.10. The number of anilines is 1. The Labute approximate surface area is 147 Å². The number of aryl methyl sites for hydroxylation is 1. The van der Waals surface area contributed by atoms with E-state index in [-0.39, 0.29) is 31.4 Å². The molecular weight excluding hydrogens is 334 g/mol. The summed E-state index contributed by atoms with van der Waals surface area (Å²) in [6.45, 7) is 4.06. The molecule has 8 heteroatoms. The third-order valence-electron chi connectivity index (χ3n) is 3.13. The van der Waals surface area contributed by atoms with Crippen LogP contribution in [0.3, 0.4) is 0 Å². The van der Waals surface area contributed by atoms with Crippen molar-refractivity contribution in [2.75, 3.05) is 31.5 Å². The predicted molar refractivity (Wildman–Crippen MR) is 94.4 cm³/mol. The number of nitrogens with zero attached hydrogens (tertiary/aromatic N) is 1. The molecule has 2 amide bonds. The van der Waals surface area contributed by atoms with Gasteiger partial charge in [-0.25, -0.2) is 0 Å². The van der Waals surface area contributed by atoms with Crippen molar-refractivity contribution in [1.82, 2.24) is 10.2 Å². The smallest absolute Gasteiger partial charge is 0.322 e. The quantitative estimate of drug-likeness (QED) is 0.618. The van der Waals surface area contributed by atoms with Crippen LogP contribution in [0.5, 0.6) is 0 Å². The van der Waals surface area contributed by atoms with Gasteiger partial charge in [-0.15, -0.1) is 12.4 Å². The molecule has 0 atom stereocenters. The molecule has 0 bridgehead atoms. The number of aliphatic carboxylic acids is 1. The molecule has 134 valence electrons. The molecule has 24 heavy (non-hydrogen) atoms. The van der Waals surface area contributed by atoms with Gasteiger partial charge in [0.25, 0.3) is 0 Å². The molecule has 0 radical (unpaired) electrons. The lowest BCUT2D eigenvalue weighted by atomic mass is 10.2. The standard InChI is InChI=1S/C16H23N3O4.ClH/c1-3-8-19(10-14(20)17-9-16(22)23)11-15(21)18-13-7-5-4-6-12(13)2;/h4-7H,3,8-11H2,1-2H3,(H,17,20)(H,18,21)(H,22,23);1H. The second-order valence-corrected chi connectivity index (χ2v) is 5.24. The first-order chi connectivity index (χ1) is 10.9. The summed E-state index contributed by atoms with van der Waals surface area (Å²) in [5.74, 6) is -1.72. The summed E-state index contributed by atoms with van der Waals surface area (Å²) >= 11 is 0. The Morgan fingerprint density at radius 1 is 1.12 bits per heavy atom. The number of hydrogen-bond donors (Lipinski definition) is 3. The van der Waals surface area contributed by atoms with Gasteiger partial charge in [0.15, 0.2) is 0 Å². The summed E-state index contributed by atoms with van der Waals surface area (Å²) in [4.78, 5) is 35.9. The minimum absolute atomic E-state index is 0. The van der Waals surface area contributed by atoms with Gasteiger partial charge in [-0.2, -0.15) is 0 Å². The molecule has 0 fully saturated rings. The molecule has 0 saturated carbocycles. The monoisotopic (exact) mass is 357 g/mol. The summed E-state index contributed by atoms with van der Waals surface area (Å²) in [5, 5.41) is 13.7. The molecule has 1 aromatic carbocycles. The summed E-state index contributed by atoms with van der Waals surface area (Å²) in [7, 11) is 0. The molecule has 0 aliphatic heterocycles. The van der Waals surface area contributed by atoms with Gasteiger partial charge in [-0.3, -0.25) is 19.3 Å². The molecule has 1 aromatic rings. The predicted octanol–water partition coefficient (Wildman–Crippen LogP) is 1.27. The van der Waals surface area contributed by atoms with Crippen LogP contribution in [0.15, 0.2) is 24.3 Å². The van der Waals surface area contributed by atoms with Crippen LogP contribution in [0.4, 0.5) is 5.69 Å². The first-order valence-electron chi connectivity index (χ1n) is 7.48. The summed E-state index contributed by atoms with van der Waals surface area (Å²) < 4.78 is 0. The first-order valence-corrected chi connectivity index (χ1v) is 7.48. The Kier molecular flexibility index (Phi) is 10.4. The highest BCUT2D eigenvalue weighted by Crippen LogP contribution is 2.12. The van der Waals surface area contributed by atoms with Gasteiger partial charge in [-0.1, -0.05) is 25.1 Å². The van der Waals surface area contributed by atoms with Gasteiger partial charge >= 0.3 is 5.97 Å². The third kappa shape index (κ3) is 8.50. The Balaban J connectivity index is 0.00000529. The van der Waals surface area contributed by atoms with Crippen LogP contribution in [0.25, 0.3) is 0 Å². The molecule has 7 nitrogen and oxygen atoms in total. The van der Waals surface area contributed by atoms with E-state index in [0.29, 0.717) is 6.54 Å². The Morgan fingerprint density at radius 3 is 2.33 bits per heavy atom. The zero-order valence-corrected chi connectivity index (χ0v) is 14.7. The van der Waals surface area contributed by atoms with E-state index in [4.69, 9.17) is 5.11 Å². The fourth-order valence-electron chi connectivity index (χ4n) is 2.07. The fourth-order valence-corrected chi connectivity index (χ4v) is 2.07. The van der Waals surface area contributed by atoms with E-state index in [0.717, 1.165) is 17.7 Å². The fraction of sp³-hybridized carbons (Fsp3) is 0.438. The van der Waals surface area contributed by atoms with Crippen LogP contribution in [-0.4, -0.2) is 54.0 Å². The van der Waals surface area contributed by atoms with E-state index in [1.807, 2.05) is 38.1 Å². The molecule has 0 saturated heterocycles. The molecule has 3 N–H and O–H groups in total. The minimum Gasteiger partial charge on any atom is -0.480 e. The lowest BCUT2D eigenvalue weighted by Gasteiger charge is -2.20. The molecule has 1 rings (SSSR count). The van der Waals surface area contributed by atoms with Crippen molar-refractivity contribution in [2.45, 2.75) is 20.3 Å². The Morgan fingerprint density at radius 2 is 1.75 bits per heavy atom. The van der Waals surface area contributed by atoms with E-state index < -0.39 is 18.4 Å². The average molecular weight is 358 g/mol. The molecule has 0 unspecified atom stereocenters. The Bertz CT molecular complexity index is 566. The van der Waals surface area contributed by atoms with Crippen LogP contribution >= 0.6 is 12.4 Å². The number of nitrogens with one attached hydrogen (secondary N) is 2. The molecule has 0 heterocycles. The van der Waals surface area contributed by atoms with Crippen molar-refractivity contribution < 1.29 is 19.5 Å². The molecule has 0 aliphatic carbocycles. The van der Waals surface area contributed by atoms with E-state index in [1.165, 1.54) is 0 Å². The highest BCUT2D eigenvalue weighted by molar-refractivity contribution is 5.93. The normalized spacial score (nSPS) is 9.96. The number of rotatable bonds is 9. The lowest BCUT2D eigenvalue weighted by Crippen LogP contribution is -2.42. The van der Waals surface area contributed by atoms with E-state index in [9.17, 15) is 14.4 Å². The molecule has 0 spiro atoms. The number of carboxylic acids is 1. The number of amides is 2. The number of para-hydroxylation sites is 1. The number of carbonyl (C=O) groups excluding carboxylic acids is 2. The molecule has 0 aliphatic rings. The van der Waals surface area contributed by atoms with Gasteiger partial charge in [0, 0.05) is 5.69 Å². The summed E-state index contributed by atoms with van der Waals surface area (Å²) in [6, 6.07) is 7.45. The SMILES string of the molecule is CCCN(CC(=O)NCC(=O)O)CC(=O)Nc1ccccc1C.Cl. The van der Waals surface area contributed by atoms with Crippen LogP contribution in [0.2, 0.25) is 0 Å².